The van der Waals surface area contributed by atoms with E-state index in [4.69, 9.17) is 0 Å². The van der Waals surface area contributed by atoms with Gasteiger partial charge in [0.1, 0.15) is 0 Å². The summed E-state index contributed by atoms with van der Waals surface area (Å²) < 4.78 is 0. The first-order valence-electron chi connectivity index (χ1n) is 6.94. The Morgan fingerprint density at radius 1 is 0.579 bits per heavy atom. The SMILES string of the molecule is CCCC.P.c1ccc(CCc2ccccc2)cc1. The Balaban J connectivity index is 0.000000576. The highest BCUT2D eigenvalue weighted by Crippen LogP contribution is 2.06. The molecule has 2 aromatic rings. The molecular weight excluding hydrogens is 247 g/mol. The molecular formula is C18H27P. The van der Waals surface area contributed by atoms with Gasteiger partial charge in [-0.15, -0.1) is 0 Å². The largest absolute Gasteiger partial charge is 0.153 e. The van der Waals surface area contributed by atoms with Gasteiger partial charge < -0.3 is 0 Å². The van der Waals surface area contributed by atoms with Crippen LogP contribution in [0.25, 0.3) is 0 Å². The van der Waals surface area contributed by atoms with Crippen LogP contribution in [0.4, 0.5) is 0 Å². The van der Waals surface area contributed by atoms with Crippen LogP contribution < -0.4 is 0 Å². The summed E-state index contributed by atoms with van der Waals surface area (Å²) in [5.41, 5.74) is 2.83. The molecule has 0 bridgehead atoms. The fourth-order valence-electron chi connectivity index (χ4n) is 1.58. The maximum Gasteiger partial charge on any atom is -0.0238 e. The van der Waals surface area contributed by atoms with E-state index >= 15 is 0 Å². The minimum absolute atomic E-state index is 0. The van der Waals surface area contributed by atoms with Gasteiger partial charge in [0.15, 0.2) is 0 Å². The van der Waals surface area contributed by atoms with Crippen molar-refractivity contribution in [1.82, 2.24) is 0 Å². The number of benzene rings is 2. The molecule has 0 saturated carbocycles. The maximum atomic E-state index is 2.18. The van der Waals surface area contributed by atoms with E-state index < -0.39 is 0 Å². The highest BCUT2D eigenvalue weighted by Gasteiger charge is 1.93. The molecule has 0 aromatic heterocycles. The van der Waals surface area contributed by atoms with E-state index in [2.05, 4.69) is 74.5 Å². The Morgan fingerprint density at radius 3 is 1.16 bits per heavy atom. The molecule has 0 saturated heterocycles. The van der Waals surface area contributed by atoms with Crippen molar-refractivity contribution in [3.8, 4) is 0 Å². The van der Waals surface area contributed by atoms with Gasteiger partial charge in [0.2, 0.25) is 0 Å². The van der Waals surface area contributed by atoms with E-state index in [0.29, 0.717) is 0 Å². The Labute approximate surface area is 121 Å². The van der Waals surface area contributed by atoms with Crippen molar-refractivity contribution < 1.29 is 0 Å². The Kier molecular flexibility index (Phi) is 11.2. The molecule has 0 aliphatic heterocycles. The van der Waals surface area contributed by atoms with Crippen molar-refractivity contribution in [2.75, 3.05) is 0 Å². The minimum atomic E-state index is 0. The smallest absolute Gasteiger partial charge is 0.0238 e. The molecule has 2 aromatic carbocycles. The topological polar surface area (TPSA) is 0 Å². The summed E-state index contributed by atoms with van der Waals surface area (Å²) in [6.45, 7) is 4.36. The third kappa shape index (κ3) is 8.56. The first-order chi connectivity index (χ1) is 8.86. The van der Waals surface area contributed by atoms with Gasteiger partial charge in [-0.1, -0.05) is 87.4 Å². The van der Waals surface area contributed by atoms with Gasteiger partial charge in [-0.05, 0) is 24.0 Å². The molecule has 0 fully saturated rings. The maximum absolute atomic E-state index is 2.18. The van der Waals surface area contributed by atoms with E-state index in [1.807, 2.05) is 0 Å². The van der Waals surface area contributed by atoms with Gasteiger partial charge in [0, 0.05) is 0 Å². The molecule has 104 valence electrons. The van der Waals surface area contributed by atoms with Gasteiger partial charge in [-0.25, -0.2) is 0 Å². The predicted octanol–water partition coefficient (Wildman–Crippen LogP) is 5.34. The molecule has 1 unspecified atom stereocenters. The van der Waals surface area contributed by atoms with E-state index in [0.717, 1.165) is 12.8 Å². The molecule has 0 N–H and O–H groups in total. The molecule has 1 heteroatoms. The summed E-state index contributed by atoms with van der Waals surface area (Å²) >= 11 is 0. The minimum Gasteiger partial charge on any atom is -0.153 e. The summed E-state index contributed by atoms with van der Waals surface area (Å²) in [6, 6.07) is 21.2. The van der Waals surface area contributed by atoms with Crippen molar-refractivity contribution >= 4 is 9.90 Å². The number of hydrogen-bond donors (Lipinski definition) is 0. The van der Waals surface area contributed by atoms with E-state index in [9.17, 15) is 0 Å². The molecule has 0 spiro atoms. The number of unbranched alkanes of at least 4 members (excludes halogenated alkanes) is 1. The van der Waals surface area contributed by atoms with Crippen LogP contribution in [0.2, 0.25) is 0 Å². The first-order valence-corrected chi connectivity index (χ1v) is 6.94. The molecule has 2 rings (SSSR count). The third-order valence-corrected chi connectivity index (χ3v) is 2.89. The van der Waals surface area contributed by atoms with E-state index in [-0.39, 0.29) is 9.90 Å². The molecule has 1 atom stereocenters. The second-order valence-electron chi connectivity index (χ2n) is 4.47. The Hall–Kier alpha value is -1.13. The van der Waals surface area contributed by atoms with Crippen LogP contribution in [0.15, 0.2) is 60.7 Å². The number of rotatable bonds is 4. The lowest BCUT2D eigenvalue weighted by atomic mass is 10.0. The van der Waals surface area contributed by atoms with Crippen LogP contribution in [0.3, 0.4) is 0 Å². The van der Waals surface area contributed by atoms with Crippen molar-refractivity contribution in [3.05, 3.63) is 71.8 Å². The second-order valence-corrected chi connectivity index (χ2v) is 4.47. The third-order valence-electron chi connectivity index (χ3n) is 2.89. The average Bonchev–Trinajstić information content (AvgIpc) is 2.47. The molecule has 0 aliphatic rings. The number of aryl methyl sites for hydroxylation is 2. The van der Waals surface area contributed by atoms with Gasteiger partial charge in [-0.3, -0.25) is 0 Å². The van der Waals surface area contributed by atoms with Gasteiger partial charge in [0.25, 0.3) is 0 Å². The quantitative estimate of drug-likeness (QED) is 0.660. The van der Waals surface area contributed by atoms with Gasteiger partial charge >= 0.3 is 0 Å². The average molecular weight is 274 g/mol. The fourth-order valence-corrected chi connectivity index (χ4v) is 1.58. The van der Waals surface area contributed by atoms with Crippen molar-refractivity contribution in [1.29, 1.82) is 0 Å². The molecule has 19 heavy (non-hydrogen) atoms. The van der Waals surface area contributed by atoms with Crippen LogP contribution in [0.5, 0.6) is 0 Å². The van der Waals surface area contributed by atoms with E-state index in [1.165, 1.54) is 24.0 Å². The monoisotopic (exact) mass is 274 g/mol. The zero-order chi connectivity index (χ0) is 13.1. The zero-order valence-electron chi connectivity index (χ0n) is 12.3. The van der Waals surface area contributed by atoms with Gasteiger partial charge in [-0.2, -0.15) is 9.90 Å². The highest BCUT2D eigenvalue weighted by molar-refractivity contribution is 6.92. The first kappa shape index (κ1) is 17.9. The Bertz CT molecular complexity index is 353. The van der Waals surface area contributed by atoms with Crippen molar-refractivity contribution in [2.45, 2.75) is 39.5 Å². The summed E-state index contributed by atoms with van der Waals surface area (Å²) in [4.78, 5) is 0. The summed E-state index contributed by atoms with van der Waals surface area (Å²) in [6.07, 6.45) is 4.90. The second kappa shape index (κ2) is 11.9. The van der Waals surface area contributed by atoms with E-state index in [1.54, 1.807) is 0 Å². The number of hydrogen-bond acceptors (Lipinski definition) is 0. The predicted molar refractivity (Wildman–Crippen MR) is 92.0 cm³/mol. The van der Waals surface area contributed by atoms with Crippen LogP contribution in [0, 0.1) is 0 Å². The van der Waals surface area contributed by atoms with Crippen molar-refractivity contribution in [3.63, 3.8) is 0 Å². The Morgan fingerprint density at radius 2 is 0.895 bits per heavy atom. The van der Waals surface area contributed by atoms with Crippen LogP contribution in [0.1, 0.15) is 37.8 Å². The van der Waals surface area contributed by atoms with Crippen LogP contribution in [-0.2, 0) is 12.8 Å². The van der Waals surface area contributed by atoms with Crippen LogP contribution >= 0.6 is 9.90 Å². The molecule has 0 aliphatic carbocycles. The lowest BCUT2D eigenvalue weighted by Crippen LogP contribution is -1.89. The molecule has 0 radical (unpaired) electrons. The summed E-state index contributed by atoms with van der Waals surface area (Å²) in [5.74, 6) is 0. The standard InChI is InChI=1S/C14H14.C4H10.H3P/c1-3-7-13(8-4-1)11-12-14-9-5-2-6-10-14;1-3-4-2;/h1-10H,11-12H2;3-4H2,1-2H3;1H3. The summed E-state index contributed by atoms with van der Waals surface area (Å²) in [5, 5.41) is 0. The zero-order valence-corrected chi connectivity index (χ0v) is 13.7. The van der Waals surface area contributed by atoms with Gasteiger partial charge in [0.05, 0.1) is 0 Å². The molecule has 0 heterocycles. The lowest BCUT2D eigenvalue weighted by molar-refractivity contribution is 0.886. The normalized spacial score (nSPS) is 8.95. The molecule has 0 amide bonds. The van der Waals surface area contributed by atoms with Crippen LogP contribution in [-0.4, -0.2) is 0 Å². The lowest BCUT2D eigenvalue weighted by Gasteiger charge is -2.01. The fraction of sp³-hybridized carbons (Fsp3) is 0.333. The molecule has 0 nitrogen and oxygen atoms in total. The summed E-state index contributed by atoms with van der Waals surface area (Å²) in [7, 11) is 0. The highest BCUT2D eigenvalue weighted by atomic mass is 31.0. The van der Waals surface area contributed by atoms with Crippen molar-refractivity contribution in [2.24, 2.45) is 0 Å².